The van der Waals surface area contributed by atoms with Gasteiger partial charge in [-0.3, -0.25) is 4.18 Å². The van der Waals surface area contributed by atoms with Crippen LogP contribution < -0.4 is 0 Å². The van der Waals surface area contributed by atoms with Crippen LogP contribution in [0.3, 0.4) is 0 Å². The predicted octanol–water partition coefficient (Wildman–Crippen LogP) is 2.29. The Labute approximate surface area is 160 Å². The van der Waals surface area contributed by atoms with Crippen LogP contribution in [0.5, 0.6) is 0 Å². The van der Waals surface area contributed by atoms with E-state index in [4.69, 9.17) is 8.92 Å². The van der Waals surface area contributed by atoms with Gasteiger partial charge in [0.25, 0.3) is 10.1 Å². The maximum atomic E-state index is 12.4. The van der Waals surface area contributed by atoms with E-state index in [1.165, 1.54) is 12.1 Å². The fraction of sp³-hybridized carbons (Fsp3) is 0.588. The summed E-state index contributed by atoms with van der Waals surface area (Å²) in [5.41, 5.74) is 0.101. The minimum atomic E-state index is -3.97. The lowest BCUT2D eigenvalue weighted by atomic mass is 10.1. The molecule has 152 valence electrons. The Morgan fingerprint density at radius 1 is 1.22 bits per heavy atom. The second kappa shape index (κ2) is 7.76. The number of sulfonamides is 1. The number of ether oxygens (including phenoxy) is 1. The molecule has 0 bridgehead atoms. The van der Waals surface area contributed by atoms with Crippen molar-refractivity contribution in [2.75, 3.05) is 18.9 Å². The van der Waals surface area contributed by atoms with Crippen LogP contribution >= 0.6 is 0 Å². The maximum absolute atomic E-state index is 12.4. The summed E-state index contributed by atoms with van der Waals surface area (Å²) in [7, 11) is -7.87. The molecule has 1 aliphatic heterocycles. The van der Waals surface area contributed by atoms with Crippen molar-refractivity contribution in [1.29, 1.82) is 0 Å². The van der Waals surface area contributed by atoms with E-state index in [-0.39, 0.29) is 23.8 Å². The van der Waals surface area contributed by atoms with Gasteiger partial charge < -0.3 is 4.74 Å². The average Bonchev–Trinajstić information content (AvgIpc) is 2.51. The number of aryl methyl sites for hydroxylation is 1. The molecule has 1 atom stereocenters. The first-order valence-corrected chi connectivity index (χ1v) is 11.5. The lowest BCUT2D eigenvalue weighted by molar-refractivity contribution is 0.0371. The smallest absolute Gasteiger partial charge is 0.424 e. The molecular weight excluding hydrogens is 394 g/mol. The van der Waals surface area contributed by atoms with Gasteiger partial charge >= 0.3 is 6.09 Å². The summed E-state index contributed by atoms with van der Waals surface area (Å²) < 4.78 is 60.0. The molecular formula is C17H25NO7S2. The third-order valence-corrected chi connectivity index (χ3v) is 7.08. The van der Waals surface area contributed by atoms with E-state index < -0.39 is 37.8 Å². The highest BCUT2D eigenvalue weighted by molar-refractivity contribution is 7.89. The van der Waals surface area contributed by atoms with E-state index in [0.29, 0.717) is 10.7 Å². The van der Waals surface area contributed by atoms with Gasteiger partial charge in [0.1, 0.15) is 5.60 Å². The van der Waals surface area contributed by atoms with Gasteiger partial charge in [0, 0.05) is 12.5 Å². The molecule has 8 nitrogen and oxygen atoms in total. The van der Waals surface area contributed by atoms with Crippen LogP contribution in [0, 0.1) is 12.8 Å². The molecule has 1 heterocycles. The van der Waals surface area contributed by atoms with E-state index in [2.05, 4.69) is 0 Å². The zero-order valence-corrected chi connectivity index (χ0v) is 17.5. The summed E-state index contributed by atoms with van der Waals surface area (Å²) in [6.07, 6.45) is -0.629. The predicted molar refractivity (Wildman–Crippen MR) is 99.2 cm³/mol. The fourth-order valence-corrected chi connectivity index (χ4v) is 5.18. The molecule has 10 heteroatoms. The van der Waals surface area contributed by atoms with Gasteiger partial charge in [-0.1, -0.05) is 17.7 Å². The number of hydrogen-bond acceptors (Lipinski definition) is 7. The zero-order valence-electron chi connectivity index (χ0n) is 15.8. The first kappa shape index (κ1) is 21.6. The second-order valence-corrected chi connectivity index (χ2v) is 11.1. The Morgan fingerprint density at radius 2 is 1.81 bits per heavy atom. The van der Waals surface area contributed by atoms with Crippen LogP contribution in [0.2, 0.25) is 0 Å². The van der Waals surface area contributed by atoms with E-state index in [1.807, 2.05) is 6.92 Å². The molecule has 1 amide bonds. The maximum Gasteiger partial charge on any atom is 0.424 e. The van der Waals surface area contributed by atoms with Crippen LogP contribution in [0.25, 0.3) is 0 Å². The van der Waals surface area contributed by atoms with Crippen molar-refractivity contribution in [2.24, 2.45) is 5.92 Å². The molecule has 0 aliphatic carbocycles. The van der Waals surface area contributed by atoms with Gasteiger partial charge in [-0.2, -0.15) is 8.42 Å². The standard InChI is InChI=1S/C17H25NO7S2/c1-13-5-7-15(8-6-13)27(22,23)24-11-14-9-10-18(26(20,21)12-14)16(19)25-17(2,3)4/h5-8,14H,9-12H2,1-4H3. The second-order valence-electron chi connectivity index (χ2n) is 7.54. The summed E-state index contributed by atoms with van der Waals surface area (Å²) in [5.74, 6) is -0.913. The minimum Gasteiger partial charge on any atom is -0.443 e. The summed E-state index contributed by atoms with van der Waals surface area (Å²) in [6, 6.07) is 6.18. The molecule has 1 aromatic carbocycles. The Kier molecular flexibility index (Phi) is 6.23. The van der Waals surface area contributed by atoms with Crippen molar-refractivity contribution >= 4 is 26.2 Å². The van der Waals surface area contributed by atoms with Gasteiger partial charge in [0.15, 0.2) is 0 Å². The quantitative estimate of drug-likeness (QED) is 0.689. The number of hydrogen-bond donors (Lipinski definition) is 0. The van der Waals surface area contributed by atoms with Gasteiger partial charge in [-0.25, -0.2) is 17.5 Å². The highest BCUT2D eigenvalue weighted by atomic mass is 32.2. The van der Waals surface area contributed by atoms with Crippen LogP contribution in [0.15, 0.2) is 29.2 Å². The number of amides is 1. The summed E-state index contributed by atoms with van der Waals surface area (Å²) in [4.78, 5) is 12.1. The lowest BCUT2D eigenvalue weighted by Crippen LogP contribution is -2.48. The molecule has 1 saturated heterocycles. The monoisotopic (exact) mass is 419 g/mol. The summed E-state index contributed by atoms with van der Waals surface area (Å²) in [6.45, 7) is 6.43. The first-order valence-electron chi connectivity index (χ1n) is 8.50. The van der Waals surface area contributed by atoms with Crippen molar-refractivity contribution in [1.82, 2.24) is 4.31 Å². The number of rotatable bonds is 4. The zero-order chi connectivity index (χ0) is 20.5. The van der Waals surface area contributed by atoms with E-state index in [9.17, 15) is 21.6 Å². The van der Waals surface area contributed by atoms with Crippen molar-refractivity contribution in [2.45, 2.75) is 44.6 Å². The molecule has 1 fully saturated rings. The molecule has 0 aromatic heterocycles. The fourth-order valence-electron chi connectivity index (χ4n) is 2.52. The molecule has 0 spiro atoms. The molecule has 0 radical (unpaired) electrons. The van der Waals surface area contributed by atoms with Crippen LogP contribution in [0.1, 0.15) is 32.8 Å². The third-order valence-electron chi connectivity index (χ3n) is 3.89. The number of carbonyl (C=O) groups excluding carboxylic acids is 1. The van der Waals surface area contributed by atoms with Crippen molar-refractivity contribution in [3.05, 3.63) is 29.8 Å². The largest absolute Gasteiger partial charge is 0.443 e. The van der Waals surface area contributed by atoms with Crippen LogP contribution in [0.4, 0.5) is 4.79 Å². The average molecular weight is 420 g/mol. The topological polar surface area (TPSA) is 107 Å². The summed E-state index contributed by atoms with van der Waals surface area (Å²) in [5, 5.41) is 0. The SMILES string of the molecule is Cc1ccc(S(=O)(=O)OCC2CCN(C(=O)OC(C)(C)C)S(=O)(=O)C2)cc1. The number of benzene rings is 1. The van der Waals surface area contributed by atoms with Gasteiger partial charge in [0.2, 0.25) is 10.0 Å². The van der Waals surface area contributed by atoms with Gasteiger partial charge in [0.05, 0.1) is 17.3 Å². The normalized spacial score (nSPS) is 20.3. The Morgan fingerprint density at radius 3 is 2.33 bits per heavy atom. The first-order chi connectivity index (χ1) is 12.3. The van der Waals surface area contributed by atoms with Crippen LogP contribution in [-0.2, 0) is 29.1 Å². The molecule has 27 heavy (non-hydrogen) atoms. The lowest BCUT2D eigenvalue weighted by Gasteiger charge is -2.32. The number of nitrogens with zero attached hydrogens (tertiary/aromatic N) is 1. The van der Waals surface area contributed by atoms with Gasteiger partial charge in [-0.15, -0.1) is 0 Å². The molecule has 0 N–H and O–H groups in total. The Hall–Kier alpha value is -1.65. The Balaban J connectivity index is 1.99. The number of carbonyl (C=O) groups is 1. The van der Waals surface area contributed by atoms with E-state index >= 15 is 0 Å². The molecule has 0 saturated carbocycles. The highest BCUT2D eigenvalue weighted by Gasteiger charge is 2.38. The van der Waals surface area contributed by atoms with Crippen molar-refractivity contribution in [3.8, 4) is 0 Å². The van der Waals surface area contributed by atoms with E-state index in [0.717, 1.165) is 5.56 Å². The Bertz CT molecular complexity index is 884. The van der Waals surface area contributed by atoms with Crippen molar-refractivity contribution < 1.29 is 30.6 Å². The molecule has 2 rings (SSSR count). The summed E-state index contributed by atoms with van der Waals surface area (Å²) >= 11 is 0. The highest BCUT2D eigenvalue weighted by Crippen LogP contribution is 2.24. The minimum absolute atomic E-state index is 0.0159. The van der Waals surface area contributed by atoms with Gasteiger partial charge in [-0.05, 0) is 46.2 Å². The van der Waals surface area contributed by atoms with Crippen molar-refractivity contribution in [3.63, 3.8) is 0 Å². The molecule has 1 aromatic rings. The molecule has 1 unspecified atom stereocenters. The van der Waals surface area contributed by atoms with E-state index in [1.54, 1.807) is 32.9 Å². The third kappa shape index (κ3) is 5.91. The molecule has 1 aliphatic rings. The van der Waals surface area contributed by atoms with Crippen LogP contribution in [-0.4, -0.2) is 51.7 Å².